The molecule has 0 saturated heterocycles. The van der Waals surface area contributed by atoms with Crippen LogP contribution in [0.3, 0.4) is 0 Å². The summed E-state index contributed by atoms with van der Waals surface area (Å²) in [5.41, 5.74) is 1.63. The van der Waals surface area contributed by atoms with Gasteiger partial charge in [0.1, 0.15) is 6.07 Å². The highest BCUT2D eigenvalue weighted by atomic mass is 35.5. The number of benzene rings is 1. The van der Waals surface area contributed by atoms with E-state index in [0.29, 0.717) is 27.2 Å². The van der Waals surface area contributed by atoms with Crippen molar-refractivity contribution < 1.29 is 4.79 Å². The number of halogens is 1. The molecular weight excluding hydrogens is 238 g/mol. The van der Waals surface area contributed by atoms with Crippen LogP contribution in [-0.2, 0) is 4.79 Å². The molecule has 0 aliphatic carbocycles. The van der Waals surface area contributed by atoms with Gasteiger partial charge >= 0.3 is 0 Å². The van der Waals surface area contributed by atoms with E-state index in [0.717, 1.165) is 0 Å². The first-order valence-corrected chi connectivity index (χ1v) is 5.25. The van der Waals surface area contributed by atoms with Gasteiger partial charge in [-0.2, -0.15) is 5.26 Å². The Morgan fingerprint density at radius 2 is 2.29 bits per heavy atom. The molecule has 0 aliphatic heterocycles. The SMILES string of the molecule is CC(=O)Nc1ccc2c(Cl)c(C#N)cnc2c1. The minimum atomic E-state index is -0.149. The Kier molecular flexibility index (Phi) is 2.94. The highest BCUT2D eigenvalue weighted by Crippen LogP contribution is 2.27. The summed E-state index contributed by atoms with van der Waals surface area (Å²) in [6.45, 7) is 1.43. The van der Waals surface area contributed by atoms with E-state index in [2.05, 4.69) is 10.3 Å². The maximum atomic E-state index is 10.9. The van der Waals surface area contributed by atoms with Crippen molar-refractivity contribution in [3.63, 3.8) is 0 Å². The van der Waals surface area contributed by atoms with Crippen molar-refractivity contribution in [2.45, 2.75) is 6.92 Å². The van der Waals surface area contributed by atoms with Gasteiger partial charge in [0.05, 0.1) is 16.1 Å². The van der Waals surface area contributed by atoms with Gasteiger partial charge in [0.25, 0.3) is 0 Å². The van der Waals surface area contributed by atoms with Crippen LogP contribution >= 0.6 is 11.6 Å². The van der Waals surface area contributed by atoms with E-state index in [9.17, 15) is 4.79 Å². The molecular formula is C12H8ClN3O. The summed E-state index contributed by atoms with van der Waals surface area (Å²) in [5, 5.41) is 12.6. The number of nitrogens with one attached hydrogen (secondary N) is 1. The van der Waals surface area contributed by atoms with E-state index in [1.54, 1.807) is 18.2 Å². The highest BCUT2D eigenvalue weighted by Gasteiger charge is 2.07. The molecule has 0 bridgehead atoms. The lowest BCUT2D eigenvalue weighted by molar-refractivity contribution is -0.114. The number of fused-ring (bicyclic) bond motifs is 1. The first-order valence-electron chi connectivity index (χ1n) is 4.88. The number of aromatic nitrogens is 1. The lowest BCUT2D eigenvalue weighted by Gasteiger charge is -2.05. The standard InChI is InChI=1S/C12H8ClN3O/c1-7(17)16-9-2-3-10-11(4-9)15-6-8(5-14)12(10)13/h2-4,6H,1H3,(H,16,17). The van der Waals surface area contributed by atoms with Gasteiger partial charge in [0.2, 0.25) is 5.91 Å². The third kappa shape index (κ3) is 2.19. The van der Waals surface area contributed by atoms with Crippen molar-refractivity contribution in [3.05, 3.63) is 35.0 Å². The van der Waals surface area contributed by atoms with E-state index >= 15 is 0 Å². The topological polar surface area (TPSA) is 65.8 Å². The number of carbonyl (C=O) groups excluding carboxylic acids is 1. The third-order valence-electron chi connectivity index (χ3n) is 2.24. The molecule has 0 unspecified atom stereocenters. The summed E-state index contributed by atoms with van der Waals surface area (Å²) in [5.74, 6) is -0.149. The summed E-state index contributed by atoms with van der Waals surface area (Å²) in [4.78, 5) is 15.0. The normalized spacial score (nSPS) is 9.94. The van der Waals surface area contributed by atoms with E-state index < -0.39 is 0 Å². The van der Waals surface area contributed by atoms with Crippen molar-refractivity contribution in [2.75, 3.05) is 5.32 Å². The number of nitriles is 1. The van der Waals surface area contributed by atoms with Crippen molar-refractivity contribution in [2.24, 2.45) is 0 Å². The highest BCUT2D eigenvalue weighted by molar-refractivity contribution is 6.36. The van der Waals surface area contributed by atoms with Crippen LogP contribution in [0.1, 0.15) is 12.5 Å². The molecule has 5 heteroatoms. The fourth-order valence-corrected chi connectivity index (χ4v) is 1.77. The van der Waals surface area contributed by atoms with E-state index in [1.807, 2.05) is 6.07 Å². The summed E-state index contributed by atoms with van der Waals surface area (Å²) in [6.07, 6.45) is 1.42. The molecule has 0 atom stereocenters. The molecule has 0 spiro atoms. The Morgan fingerprint density at radius 3 is 2.94 bits per heavy atom. The Bertz CT molecular complexity index is 646. The van der Waals surface area contributed by atoms with Gasteiger partial charge in [-0.1, -0.05) is 11.6 Å². The monoisotopic (exact) mass is 245 g/mol. The van der Waals surface area contributed by atoms with Crippen molar-refractivity contribution in [3.8, 4) is 6.07 Å². The second-order valence-electron chi connectivity index (χ2n) is 3.51. The van der Waals surface area contributed by atoms with Crippen LogP contribution in [0.2, 0.25) is 5.02 Å². The first kappa shape index (κ1) is 11.4. The largest absolute Gasteiger partial charge is 0.326 e. The van der Waals surface area contributed by atoms with Crippen molar-refractivity contribution >= 4 is 34.1 Å². The quantitative estimate of drug-likeness (QED) is 0.840. The summed E-state index contributed by atoms with van der Waals surface area (Å²) in [6, 6.07) is 7.14. The van der Waals surface area contributed by atoms with Crippen LogP contribution in [0.4, 0.5) is 5.69 Å². The molecule has 1 aromatic carbocycles. The molecule has 1 N–H and O–H groups in total. The summed E-state index contributed by atoms with van der Waals surface area (Å²) in [7, 11) is 0. The number of amides is 1. The Hall–Kier alpha value is -2.12. The van der Waals surface area contributed by atoms with Crippen LogP contribution in [0.15, 0.2) is 24.4 Å². The Balaban J connectivity index is 2.58. The fraction of sp³-hybridized carbons (Fsp3) is 0.0833. The van der Waals surface area contributed by atoms with E-state index in [4.69, 9.17) is 16.9 Å². The number of rotatable bonds is 1. The summed E-state index contributed by atoms with van der Waals surface area (Å²) >= 11 is 6.05. The van der Waals surface area contributed by atoms with Crippen LogP contribution in [0, 0.1) is 11.3 Å². The lowest BCUT2D eigenvalue weighted by Crippen LogP contribution is -2.05. The molecule has 0 fully saturated rings. The molecule has 1 amide bonds. The van der Waals surface area contributed by atoms with Gasteiger partial charge < -0.3 is 5.32 Å². The van der Waals surface area contributed by atoms with Crippen LogP contribution in [0.25, 0.3) is 10.9 Å². The molecule has 2 aromatic rings. The first-order chi connectivity index (χ1) is 8.11. The minimum Gasteiger partial charge on any atom is -0.326 e. The number of nitrogens with zero attached hydrogens (tertiary/aromatic N) is 2. The fourth-order valence-electron chi connectivity index (χ4n) is 1.52. The second-order valence-corrected chi connectivity index (χ2v) is 3.89. The molecule has 0 saturated carbocycles. The zero-order valence-corrected chi connectivity index (χ0v) is 9.75. The van der Waals surface area contributed by atoms with Gasteiger partial charge in [-0.25, -0.2) is 0 Å². The number of anilines is 1. The molecule has 1 heterocycles. The number of pyridine rings is 1. The average Bonchev–Trinajstić information content (AvgIpc) is 2.28. The van der Waals surface area contributed by atoms with Crippen molar-refractivity contribution in [1.29, 1.82) is 5.26 Å². The average molecular weight is 246 g/mol. The van der Waals surface area contributed by atoms with E-state index in [1.165, 1.54) is 13.1 Å². The Labute approximate surface area is 103 Å². The summed E-state index contributed by atoms with van der Waals surface area (Å²) < 4.78 is 0. The van der Waals surface area contributed by atoms with Crippen molar-refractivity contribution in [1.82, 2.24) is 4.98 Å². The number of hydrogen-bond donors (Lipinski definition) is 1. The lowest BCUT2D eigenvalue weighted by atomic mass is 10.1. The maximum absolute atomic E-state index is 10.9. The predicted octanol–water partition coefficient (Wildman–Crippen LogP) is 2.72. The third-order valence-corrected chi connectivity index (χ3v) is 2.65. The molecule has 84 valence electrons. The molecule has 0 aliphatic rings. The van der Waals surface area contributed by atoms with Gasteiger partial charge in [0.15, 0.2) is 0 Å². The molecule has 17 heavy (non-hydrogen) atoms. The van der Waals surface area contributed by atoms with Crippen LogP contribution in [-0.4, -0.2) is 10.9 Å². The zero-order valence-electron chi connectivity index (χ0n) is 8.99. The molecule has 4 nitrogen and oxygen atoms in total. The molecule has 2 rings (SSSR count). The smallest absolute Gasteiger partial charge is 0.221 e. The van der Waals surface area contributed by atoms with Crippen LogP contribution in [0.5, 0.6) is 0 Å². The van der Waals surface area contributed by atoms with E-state index in [-0.39, 0.29) is 5.91 Å². The van der Waals surface area contributed by atoms with Gasteiger partial charge in [0, 0.05) is 24.2 Å². The van der Waals surface area contributed by atoms with Crippen LogP contribution < -0.4 is 5.32 Å². The number of hydrogen-bond acceptors (Lipinski definition) is 3. The second kappa shape index (κ2) is 4.40. The molecule has 1 aromatic heterocycles. The minimum absolute atomic E-state index is 0.149. The Morgan fingerprint density at radius 1 is 1.53 bits per heavy atom. The van der Waals surface area contributed by atoms with Gasteiger partial charge in [-0.15, -0.1) is 0 Å². The number of carbonyl (C=O) groups is 1. The predicted molar refractivity (Wildman–Crippen MR) is 65.8 cm³/mol. The zero-order chi connectivity index (χ0) is 12.4. The molecule has 0 radical (unpaired) electrons. The van der Waals surface area contributed by atoms with Gasteiger partial charge in [-0.3, -0.25) is 9.78 Å². The maximum Gasteiger partial charge on any atom is 0.221 e. The van der Waals surface area contributed by atoms with Gasteiger partial charge in [-0.05, 0) is 18.2 Å².